The maximum atomic E-state index is 13.2. The Balaban J connectivity index is 1.74. The number of nitrogens with one attached hydrogen (secondary N) is 1. The molecule has 0 radical (unpaired) electrons. The third-order valence-corrected chi connectivity index (χ3v) is 6.01. The molecule has 9 heteroatoms. The number of aromatic nitrogens is 3. The van der Waals surface area contributed by atoms with E-state index in [4.69, 9.17) is 25.2 Å². The van der Waals surface area contributed by atoms with Gasteiger partial charge in [-0.2, -0.15) is 9.78 Å². The van der Waals surface area contributed by atoms with Gasteiger partial charge < -0.3 is 20.5 Å². The van der Waals surface area contributed by atoms with Gasteiger partial charge in [0.25, 0.3) is 5.91 Å². The van der Waals surface area contributed by atoms with E-state index in [1.165, 1.54) is 17.5 Å². The number of carbonyl (C=O) groups excluding carboxylic acids is 1. The predicted molar refractivity (Wildman–Crippen MR) is 143 cm³/mol. The molecule has 2 aromatic heterocycles. The minimum Gasteiger partial charge on any atom is -0.493 e. The van der Waals surface area contributed by atoms with Crippen LogP contribution in [0.15, 0.2) is 47.6 Å². The lowest BCUT2D eigenvalue weighted by atomic mass is 10.1. The largest absolute Gasteiger partial charge is 0.493 e. The predicted octanol–water partition coefficient (Wildman–Crippen LogP) is 4.77. The van der Waals surface area contributed by atoms with Crippen LogP contribution in [0.4, 0.5) is 5.82 Å². The number of nitrogens with two attached hydrogens (primary N) is 1. The van der Waals surface area contributed by atoms with Crippen LogP contribution < -0.4 is 20.5 Å². The minimum absolute atomic E-state index is 0.168. The van der Waals surface area contributed by atoms with Crippen LogP contribution in [0.25, 0.3) is 22.2 Å². The van der Waals surface area contributed by atoms with Crippen molar-refractivity contribution in [2.24, 2.45) is 5.10 Å². The summed E-state index contributed by atoms with van der Waals surface area (Å²) in [5.74, 6) is 1.00. The van der Waals surface area contributed by atoms with E-state index in [0.29, 0.717) is 45.8 Å². The summed E-state index contributed by atoms with van der Waals surface area (Å²) in [4.78, 5) is 22.7. The lowest BCUT2D eigenvalue weighted by Crippen LogP contribution is -2.25. The molecule has 9 nitrogen and oxygen atoms in total. The van der Waals surface area contributed by atoms with Gasteiger partial charge in [0.15, 0.2) is 17.1 Å². The number of benzene rings is 2. The summed E-state index contributed by atoms with van der Waals surface area (Å²) in [6.07, 6.45) is 7.12. The first-order valence-corrected chi connectivity index (χ1v) is 12.2. The van der Waals surface area contributed by atoms with Crippen LogP contribution in [0.5, 0.6) is 11.5 Å². The third kappa shape index (κ3) is 5.10. The first kappa shape index (κ1) is 25.0. The van der Waals surface area contributed by atoms with Gasteiger partial charge in [0, 0.05) is 12.1 Å². The number of nitrogens with zero attached hydrogens (tertiary/aromatic N) is 4. The second-order valence-electron chi connectivity index (χ2n) is 8.45. The van der Waals surface area contributed by atoms with E-state index in [2.05, 4.69) is 17.3 Å². The molecule has 0 spiro atoms. The summed E-state index contributed by atoms with van der Waals surface area (Å²) < 4.78 is 12.3. The summed E-state index contributed by atoms with van der Waals surface area (Å²) in [5.41, 5.74) is 9.61. The zero-order valence-electron chi connectivity index (χ0n) is 21.0. The molecule has 2 aromatic carbocycles. The minimum atomic E-state index is -0.287. The molecule has 0 bridgehead atoms. The van der Waals surface area contributed by atoms with Crippen LogP contribution in [0.3, 0.4) is 0 Å². The SMILES string of the molecule is CCCCCCCNC(=O)c1c(N)n(/N=C\c2cccc(OC)c2OC)c2nc3ccccc3nc12. The molecular weight excluding hydrogens is 456 g/mol. The maximum Gasteiger partial charge on any atom is 0.257 e. The molecule has 0 aliphatic heterocycles. The number of nitrogen functional groups attached to an aromatic ring is 1. The Labute approximate surface area is 210 Å². The van der Waals surface area contributed by atoms with Gasteiger partial charge in [0.05, 0.1) is 31.5 Å². The number of hydrogen-bond donors (Lipinski definition) is 2. The Kier molecular flexibility index (Phi) is 7.99. The summed E-state index contributed by atoms with van der Waals surface area (Å²) in [7, 11) is 3.14. The third-order valence-electron chi connectivity index (χ3n) is 6.01. The Bertz CT molecular complexity index is 1400. The zero-order chi connectivity index (χ0) is 25.5. The van der Waals surface area contributed by atoms with Gasteiger partial charge in [-0.25, -0.2) is 9.97 Å². The Hall–Kier alpha value is -4.14. The highest BCUT2D eigenvalue weighted by Crippen LogP contribution is 2.31. The summed E-state index contributed by atoms with van der Waals surface area (Å²) in [6.45, 7) is 2.75. The van der Waals surface area contributed by atoms with E-state index in [0.717, 1.165) is 19.3 Å². The Morgan fingerprint density at radius 1 is 1.03 bits per heavy atom. The molecule has 4 aromatic rings. The van der Waals surface area contributed by atoms with Gasteiger partial charge in [-0.05, 0) is 30.7 Å². The lowest BCUT2D eigenvalue weighted by molar-refractivity contribution is 0.0955. The van der Waals surface area contributed by atoms with Gasteiger partial charge >= 0.3 is 0 Å². The van der Waals surface area contributed by atoms with Crippen molar-refractivity contribution in [2.45, 2.75) is 39.0 Å². The van der Waals surface area contributed by atoms with Crippen LogP contribution >= 0.6 is 0 Å². The van der Waals surface area contributed by atoms with Gasteiger partial charge in [0.2, 0.25) is 0 Å². The number of methoxy groups -OCH3 is 2. The molecule has 1 amide bonds. The van der Waals surface area contributed by atoms with Crippen LogP contribution in [-0.2, 0) is 0 Å². The van der Waals surface area contributed by atoms with E-state index >= 15 is 0 Å². The average Bonchev–Trinajstić information content (AvgIpc) is 3.17. The van der Waals surface area contributed by atoms with Crippen LogP contribution in [0.1, 0.15) is 54.9 Å². The number of carbonyl (C=O) groups is 1. The van der Waals surface area contributed by atoms with E-state index in [-0.39, 0.29) is 17.3 Å². The van der Waals surface area contributed by atoms with Crippen molar-refractivity contribution < 1.29 is 14.3 Å². The van der Waals surface area contributed by atoms with E-state index in [9.17, 15) is 4.79 Å². The normalized spacial score (nSPS) is 11.4. The van der Waals surface area contributed by atoms with Gasteiger partial charge in [-0.3, -0.25) is 4.79 Å². The number of para-hydroxylation sites is 3. The maximum absolute atomic E-state index is 13.2. The highest BCUT2D eigenvalue weighted by Gasteiger charge is 2.24. The monoisotopic (exact) mass is 488 g/mol. The molecule has 3 N–H and O–H groups in total. The standard InChI is InChI=1S/C27H32N6O3/c1-4-5-6-7-10-16-29-27(34)22-23-26(32-20-14-9-8-13-19(20)31-23)33(25(22)28)30-17-18-12-11-15-21(35-2)24(18)36-3/h8-9,11-15,17H,4-7,10,16,28H2,1-3H3,(H,29,34)/b30-17-. The van der Waals surface area contributed by atoms with Crippen molar-refractivity contribution in [3.8, 4) is 11.5 Å². The molecule has 0 saturated carbocycles. The van der Waals surface area contributed by atoms with Crippen molar-refractivity contribution in [1.29, 1.82) is 0 Å². The summed E-state index contributed by atoms with van der Waals surface area (Å²) in [6, 6.07) is 13.0. The molecule has 4 rings (SSSR count). The topological polar surface area (TPSA) is 117 Å². The van der Waals surface area contributed by atoms with Crippen LogP contribution in [-0.4, -0.2) is 47.5 Å². The van der Waals surface area contributed by atoms with Crippen molar-refractivity contribution in [3.05, 3.63) is 53.6 Å². The molecule has 0 atom stereocenters. The first-order chi connectivity index (χ1) is 17.6. The molecule has 0 aliphatic carbocycles. The van der Waals surface area contributed by atoms with Crippen LogP contribution in [0.2, 0.25) is 0 Å². The smallest absolute Gasteiger partial charge is 0.257 e. The Morgan fingerprint density at radius 2 is 1.78 bits per heavy atom. The van der Waals surface area contributed by atoms with Crippen LogP contribution in [0, 0.1) is 0 Å². The molecular formula is C27H32N6O3. The van der Waals surface area contributed by atoms with Gasteiger partial charge in [-0.15, -0.1) is 0 Å². The molecule has 0 unspecified atom stereocenters. The van der Waals surface area contributed by atoms with Gasteiger partial charge in [0.1, 0.15) is 16.9 Å². The highest BCUT2D eigenvalue weighted by molar-refractivity contribution is 6.10. The van der Waals surface area contributed by atoms with Gasteiger partial charge in [-0.1, -0.05) is 50.8 Å². The fourth-order valence-corrected chi connectivity index (χ4v) is 4.14. The lowest BCUT2D eigenvalue weighted by Gasteiger charge is -2.09. The number of unbranched alkanes of at least 4 members (excludes halogenated alkanes) is 4. The zero-order valence-corrected chi connectivity index (χ0v) is 21.0. The number of amides is 1. The molecule has 0 fully saturated rings. The molecule has 36 heavy (non-hydrogen) atoms. The molecule has 0 aliphatic rings. The number of ether oxygens (including phenoxy) is 2. The van der Waals surface area contributed by atoms with Crippen molar-refractivity contribution in [2.75, 3.05) is 26.5 Å². The Morgan fingerprint density at radius 3 is 2.50 bits per heavy atom. The van der Waals surface area contributed by atoms with Crippen molar-refractivity contribution in [3.63, 3.8) is 0 Å². The fraction of sp³-hybridized carbons (Fsp3) is 0.333. The second kappa shape index (κ2) is 11.5. The molecule has 2 heterocycles. The summed E-state index contributed by atoms with van der Waals surface area (Å²) >= 11 is 0. The number of fused-ring (bicyclic) bond motifs is 2. The fourth-order valence-electron chi connectivity index (χ4n) is 4.14. The number of anilines is 1. The molecule has 188 valence electrons. The molecule has 0 saturated heterocycles. The summed E-state index contributed by atoms with van der Waals surface area (Å²) in [5, 5.41) is 7.57. The van der Waals surface area contributed by atoms with Crippen molar-refractivity contribution >= 4 is 40.1 Å². The first-order valence-electron chi connectivity index (χ1n) is 12.2. The van der Waals surface area contributed by atoms with E-state index in [1.54, 1.807) is 26.5 Å². The van der Waals surface area contributed by atoms with E-state index in [1.807, 2.05) is 36.4 Å². The quantitative estimate of drug-likeness (QED) is 0.232. The van der Waals surface area contributed by atoms with Crippen molar-refractivity contribution in [1.82, 2.24) is 20.0 Å². The van der Waals surface area contributed by atoms with E-state index < -0.39 is 0 Å². The highest BCUT2D eigenvalue weighted by atomic mass is 16.5. The number of hydrogen-bond acceptors (Lipinski definition) is 7. The second-order valence-corrected chi connectivity index (χ2v) is 8.45. The number of rotatable bonds is 11. The average molecular weight is 489 g/mol.